The molecule has 1 fully saturated rings. The molecule has 0 bridgehead atoms. The van der Waals surface area contributed by atoms with E-state index in [4.69, 9.17) is 4.74 Å². The van der Waals surface area contributed by atoms with Gasteiger partial charge in [0.25, 0.3) is 0 Å². The summed E-state index contributed by atoms with van der Waals surface area (Å²) in [6, 6.07) is 0. The van der Waals surface area contributed by atoms with Crippen LogP contribution in [0.15, 0.2) is 11.3 Å². The lowest BCUT2D eigenvalue weighted by atomic mass is 9.98. The van der Waals surface area contributed by atoms with E-state index in [2.05, 4.69) is 4.18 Å². The van der Waals surface area contributed by atoms with Gasteiger partial charge in [-0.15, -0.1) is 0 Å². The van der Waals surface area contributed by atoms with Crippen LogP contribution < -0.4 is 0 Å². The largest absolute Gasteiger partial charge is 0.534 e. The quantitative estimate of drug-likeness (QED) is 0.445. The first-order chi connectivity index (χ1) is 8.04. The van der Waals surface area contributed by atoms with Crippen LogP contribution in [0.5, 0.6) is 0 Å². The molecule has 0 spiro atoms. The van der Waals surface area contributed by atoms with Gasteiger partial charge in [0.15, 0.2) is 0 Å². The Morgan fingerprint density at radius 1 is 1.39 bits per heavy atom. The van der Waals surface area contributed by atoms with Crippen molar-refractivity contribution in [2.75, 3.05) is 0 Å². The van der Waals surface area contributed by atoms with Crippen LogP contribution in [0.3, 0.4) is 0 Å². The van der Waals surface area contributed by atoms with E-state index in [1.54, 1.807) is 6.92 Å². The van der Waals surface area contributed by atoms with Gasteiger partial charge in [-0.05, 0) is 39.2 Å². The van der Waals surface area contributed by atoms with Gasteiger partial charge in [-0.3, -0.25) is 0 Å². The highest BCUT2D eigenvalue weighted by Gasteiger charge is 2.48. The number of hydrogen-bond acceptors (Lipinski definition) is 4. The minimum absolute atomic E-state index is 0.00391. The van der Waals surface area contributed by atoms with E-state index in [0.29, 0.717) is 18.4 Å². The zero-order valence-electron chi connectivity index (χ0n) is 10.2. The van der Waals surface area contributed by atoms with Crippen molar-refractivity contribution in [1.29, 1.82) is 0 Å². The molecule has 0 aromatic carbocycles. The van der Waals surface area contributed by atoms with Crippen LogP contribution in [-0.2, 0) is 19.0 Å². The second kappa shape index (κ2) is 5.08. The molecular formula is C10H15F3O4S. The molecule has 8 heteroatoms. The molecule has 2 atom stereocenters. The fraction of sp³-hybridized carbons (Fsp3) is 0.800. The molecule has 0 saturated carbocycles. The first-order valence-electron chi connectivity index (χ1n) is 5.40. The van der Waals surface area contributed by atoms with E-state index in [1.165, 1.54) is 6.92 Å². The molecule has 0 amide bonds. The topological polar surface area (TPSA) is 52.6 Å². The Balaban J connectivity index is 2.91. The van der Waals surface area contributed by atoms with Gasteiger partial charge in [-0.25, -0.2) is 0 Å². The molecule has 0 N–H and O–H groups in total. The number of allylic oxidation sites excluding steroid dienone is 1. The van der Waals surface area contributed by atoms with Gasteiger partial charge in [0, 0.05) is 0 Å². The van der Waals surface area contributed by atoms with Crippen LogP contribution in [0.2, 0.25) is 0 Å². The third-order valence-corrected chi connectivity index (χ3v) is 3.75. The molecule has 1 aliphatic rings. The van der Waals surface area contributed by atoms with E-state index < -0.39 is 21.7 Å². The van der Waals surface area contributed by atoms with E-state index in [1.807, 2.05) is 6.92 Å². The Morgan fingerprint density at radius 3 is 2.39 bits per heavy atom. The Labute approximate surface area is 104 Å². The van der Waals surface area contributed by atoms with Gasteiger partial charge in [0.05, 0.1) is 12.2 Å². The van der Waals surface area contributed by atoms with Crippen molar-refractivity contribution in [1.82, 2.24) is 0 Å². The van der Waals surface area contributed by atoms with Crippen LogP contribution in [0, 0.1) is 0 Å². The molecule has 0 radical (unpaired) electrons. The fourth-order valence-electron chi connectivity index (χ4n) is 1.79. The summed E-state index contributed by atoms with van der Waals surface area (Å²) in [5, 5.41) is 0. The molecule has 1 heterocycles. The zero-order valence-corrected chi connectivity index (χ0v) is 11.1. The standard InChI is InChI=1S/C10H15F3O4S/c1-6-4-5-9(7(2)16-6)8(3)17-18(14,15)10(11,12)13/h6-7H,4-5H2,1-3H3/b9-8+. The molecule has 4 nitrogen and oxygen atoms in total. The summed E-state index contributed by atoms with van der Waals surface area (Å²) >= 11 is 0. The van der Waals surface area contributed by atoms with Crippen LogP contribution in [0.1, 0.15) is 33.6 Å². The summed E-state index contributed by atoms with van der Waals surface area (Å²) < 4.78 is 67.7. The van der Waals surface area contributed by atoms with Crippen molar-refractivity contribution in [2.45, 2.75) is 51.3 Å². The second-order valence-electron chi connectivity index (χ2n) is 4.19. The normalized spacial score (nSPS) is 29.0. The smallest absolute Gasteiger partial charge is 0.381 e. The predicted octanol–water partition coefficient (Wildman–Crippen LogP) is 2.71. The minimum Gasteiger partial charge on any atom is -0.381 e. The third kappa shape index (κ3) is 3.38. The second-order valence-corrected chi connectivity index (χ2v) is 5.73. The monoisotopic (exact) mass is 288 g/mol. The molecule has 0 aliphatic carbocycles. The maximum Gasteiger partial charge on any atom is 0.534 e. The van der Waals surface area contributed by atoms with Crippen molar-refractivity contribution in [3.05, 3.63) is 11.3 Å². The SMILES string of the molecule is C/C(OS(=O)(=O)C(F)(F)F)=C1/CCC(C)OC1C. The van der Waals surface area contributed by atoms with Crippen molar-refractivity contribution < 1.29 is 30.5 Å². The summed E-state index contributed by atoms with van der Waals surface area (Å²) in [4.78, 5) is 0. The lowest BCUT2D eigenvalue weighted by Crippen LogP contribution is -2.29. The highest BCUT2D eigenvalue weighted by atomic mass is 32.2. The van der Waals surface area contributed by atoms with Gasteiger partial charge in [-0.2, -0.15) is 21.6 Å². The Bertz CT molecular complexity index is 439. The van der Waals surface area contributed by atoms with E-state index >= 15 is 0 Å². The number of rotatable bonds is 2. The summed E-state index contributed by atoms with van der Waals surface area (Å²) in [5.41, 5.74) is -4.97. The Morgan fingerprint density at radius 2 is 1.94 bits per heavy atom. The summed E-state index contributed by atoms with van der Waals surface area (Å²) in [7, 11) is -5.60. The van der Waals surface area contributed by atoms with E-state index in [-0.39, 0.29) is 11.9 Å². The summed E-state index contributed by atoms with van der Waals surface area (Å²) in [5.74, 6) is -0.258. The lowest BCUT2D eigenvalue weighted by molar-refractivity contribution is -0.0526. The molecule has 106 valence electrons. The summed E-state index contributed by atoms with van der Waals surface area (Å²) in [6.45, 7) is 4.70. The van der Waals surface area contributed by atoms with Gasteiger partial charge in [-0.1, -0.05) is 0 Å². The lowest BCUT2D eigenvalue weighted by Gasteiger charge is -2.29. The summed E-state index contributed by atoms with van der Waals surface area (Å²) in [6.07, 6.45) is 0.626. The van der Waals surface area contributed by atoms with Gasteiger partial charge >= 0.3 is 15.6 Å². The van der Waals surface area contributed by atoms with Crippen LogP contribution >= 0.6 is 0 Å². The molecule has 1 rings (SSSR count). The van der Waals surface area contributed by atoms with E-state index in [9.17, 15) is 21.6 Å². The third-order valence-electron chi connectivity index (χ3n) is 2.72. The number of hydrogen-bond donors (Lipinski definition) is 0. The number of alkyl halides is 3. The van der Waals surface area contributed by atoms with Gasteiger partial charge < -0.3 is 8.92 Å². The number of halogens is 3. The van der Waals surface area contributed by atoms with Crippen LogP contribution in [0.4, 0.5) is 13.2 Å². The van der Waals surface area contributed by atoms with Crippen molar-refractivity contribution in [3.8, 4) is 0 Å². The predicted molar refractivity (Wildman–Crippen MR) is 58.0 cm³/mol. The van der Waals surface area contributed by atoms with Gasteiger partial charge in [0.2, 0.25) is 0 Å². The fourth-order valence-corrected chi connectivity index (χ4v) is 2.32. The molecule has 2 unspecified atom stereocenters. The van der Waals surface area contributed by atoms with Crippen molar-refractivity contribution in [3.63, 3.8) is 0 Å². The highest BCUT2D eigenvalue weighted by molar-refractivity contribution is 7.87. The molecular weight excluding hydrogens is 273 g/mol. The maximum atomic E-state index is 12.2. The van der Waals surface area contributed by atoms with Gasteiger partial charge in [0.1, 0.15) is 5.76 Å². The molecule has 1 aliphatic heterocycles. The molecule has 1 saturated heterocycles. The van der Waals surface area contributed by atoms with Crippen LogP contribution in [0.25, 0.3) is 0 Å². The Kier molecular flexibility index (Phi) is 4.32. The molecule has 18 heavy (non-hydrogen) atoms. The number of ether oxygens (including phenoxy) is 1. The first kappa shape index (κ1) is 15.3. The molecule has 0 aromatic rings. The minimum atomic E-state index is -5.60. The highest BCUT2D eigenvalue weighted by Crippen LogP contribution is 2.31. The van der Waals surface area contributed by atoms with E-state index in [0.717, 1.165) is 0 Å². The maximum absolute atomic E-state index is 12.2. The van der Waals surface area contributed by atoms with Crippen molar-refractivity contribution in [2.24, 2.45) is 0 Å². The Hall–Kier alpha value is -0.760. The van der Waals surface area contributed by atoms with Crippen molar-refractivity contribution >= 4 is 10.1 Å². The zero-order chi connectivity index (χ0) is 14.1. The average Bonchev–Trinajstić information content (AvgIpc) is 2.14. The molecule has 0 aromatic heterocycles. The first-order valence-corrected chi connectivity index (χ1v) is 6.81. The average molecular weight is 288 g/mol. The van der Waals surface area contributed by atoms with Crippen LogP contribution in [-0.4, -0.2) is 26.1 Å².